The summed E-state index contributed by atoms with van der Waals surface area (Å²) in [5.74, 6) is 0.399. The number of allylic oxidation sites excluding steroid dienone is 1. The molecule has 18 heavy (non-hydrogen) atoms. The largest absolute Gasteiger partial charge is 0.450 e. The summed E-state index contributed by atoms with van der Waals surface area (Å²) >= 11 is 0. The van der Waals surface area contributed by atoms with Gasteiger partial charge in [0.15, 0.2) is 0 Å². The third-order valence-corrected chi connectivity index (χ3v) is 2.73. The summed E-state index contributed by atoms with van der Waals surface area (Å²) in [5.41, 5.74) is 1.06. The molecule has 0 amide bonds. The van der Waals surface area contributed by atoms with E-state index in [2.05, 4.69) is 10.3 Å². The zero-order valence-corrected chi connectivity index (χ0v) is 9.68. The van der Waals surface area contributed by atoms with Crippen LogP contribution in [-0.2, 0) is 16.0 Å². The number of para-hydroxylation sites is 1. The molecule has 0 spiro atoms. The minimum atomic E-state index is -0.516. The minimum absolute atomic E-state index is 0.213. The fourth-order valence-electron chi connectivity index (χ4n) is 1.84. The second-order valence-electron chi connectivity index (χ2n) is 3.99. The summed E-state index contributed by atoms with van der Waals surface area (Å²) in [6, 6.07) is 7.88. The summed E-state index contributed by atoms with van der Waals surface area (Å²) in [5, 5.41) is 2.87. The van der Waals surface area contributed by atoms with Gasteiger partial charge in [0.1, 0.15) is 5.75 Å². The number of esters is 1. The number of nitrogens with zero attached hydrogens (tertiary/aromatic N) is 1. The van der Waals surface area contributed by atoms with E-state index in [1.54, 1.807) is 6.08 Å². The van der Waals surface area contributed by atoms with Crippen molar-refractivity contribution in [2.45, 2.75) is 6.42 Å². The highest BCUT2D eigenvalue weighted by molar-refractivity contribution is 5.96. The van der Waals surface area contributed by atoms with E-state index in [1.807, 2.05) is 24.3 Å². The van der Waals surface area contributed by atoms with Crippen LogP contribution >= 0.6 is 0 Å². The minimum Gasteiger partial charge on any atom is -0.450 e. The Hall–Kier alpha value is -2.30. The van der Waals surface area contributed by atoms with Crippen molar-refractivity contribution in [3.8, 4) is 5.75 Å². The molecule has 0 radical (unpaired) electrons. The van der Waals surface area contributed by atoms with Gasteiger partial charge >= 0.3 is 5.97 Å². The Labute approximate surface area is 104 Å². The van der Waals surface area contributed by atoms with Crippen LogP contribution < -0.4 is 10.1 Å². The van der Waals surface area contributed by atoms with Crippen molar-refractivity contribution >= 4 is 12.0 Å². The quantitative estimate of drug-likeness (QED) is 0.749. The SMILES string of the molecule is O=C(OC1=NCCN1)C1=CCc2ccccc2O1. The normalized spacial score (nSPS) is 16.9. The first kappa shape index (κ1) is 10.8. The van der Waals surface area contributed by atoms with E-state index in [1.165, 1.54) is 0 Å². The Morgan fingerprint density at radius 3 is 3.11 bits per heavy atom. The van der Waals surface area contributed by atoms with Crippen LogP contribution in [0.5, 0.6) is 5.75 Å². The molecule has 2 aliphatic rings. The highest BCUT2D eigenvalue weighted by Gasteiger charge is 2.22. The number of benzene rings is 1. The predicted molar refractivity (Wildman–Crippen MR) is 65.3 cm³/mol. The monoisotopic (exact) mass is 244 g/mol. The molecule has 5 nitrogen and oxygen atoms in total. The second kappa shape index (κ2) is 4.52. The molecule has 0 fully saturated rings. The summed E-state index contributed by atoms with van der Waals surface area (Å²) in [6.07, 6.45) is 2.39. The highest BCUT2D eigenvalue weighted by atomic mass is 16.6. The molecule has 0 aliphatic carbocycles. The van der Waals surface area contributed by atoms with Gasteiger partial charge in [0, 0.05) is 6.54 Å². The van der Waals surface area contributed by atoms with Crippen LogP contribution in [-0.4, -0.2) is 25.1 Å². The highest BCUT2D eigenvalue weighted by Crippen LogP contribution is 2.26. The van der Waals surface area contributed by atoms with Crippen LogP contribution in [0.4, 0.5) is 0 Å². The Kier molecular flexibility index (Phi) is 2.72. The van der Waals surface area contributed by atoms with Crippen molar-refractivity contribution in [1.29, 1.82) is 0 Å². The van der Waals surface area contributed by atoms with Gasteiger partial charge in [-0.2, -0.15) is 0 Å². The first-order valence-corrected chi connectivity index (χ1v) is 5.79. The third kappa shape index (κ3) is 2.07. The van der Waals surface area contributed by atoms with Crippen molar-refractivity contribution < 1.29 is 14.3 Å². The van der Waals surface area contributed by atoms with Gasteiger partial charge in [-0.3, -0.25) is 0 Å². The van der Waals surface area contributed by atoms with E-state index in [0.29, 0.717) is 25.3 Å². The van der Waals surface area contributed by atoms with E-state index >= 15 is 0 Å². The fraction of sp³-hybridized carbons (Fsp3) is 0.231. The van der Waals surface area contributed by atoms with Crippen LogP contribution in [0.2, 0.25) is 0 Å². The molecule has 1 aromatic carbocycles. The van der Waals surface area contributed by atoms with E-state index in [9.17, 15) is 4.79 Å². The molecule has 3 rings (SSSR count). The zero-order valence-electron chi connectivity index (χ0n) is 9.68. The van der Waals surface area contributed by atoms with E-state index < -0.39 is 5.97 Å². The number of carbonyl (C=O) groups excluding carboxylic acids is 1. The summed E-state index contributed by atoms with van der Waals surface area (Å²) in [7, 11) is 0. The molecule has 1 aromatic rings. The number of fused-ring (bicyclic) bond motifs is 1. The molecule has 0 saturated carbocycles. The molecule has 1 N–H and O–H groups in total. The zero-order chi connectivity index (χ0) is 12.4. The smallest absolute Gasteiger partial charge is 0.381 e. The van der Waals surface area contributed by atoms with Gasteiger partial charge in [-0.25, -0.2) is 9.79 Å². The maximum absolute atomic E-state index is 11.8. The molecular formula is C13H12N2O3. The maximum atomic E-state index is 11.8. The van der Waals surface area contributed by atoms with Crippen LogP contribution in [0.25, 0.3) is 0 Å². The number of aliphatic imine (C=N–C) groups is 1. The predicted octanol–water partition coefficient (Wildman–Crippen LogP) is 1.01. The maximum Gasteiger partial charge on any atom is 0.381 e. The molecule has 92 valence electrons. The number of hydrogen-bond donors (Lipinski definition) is 1. The van der Waals surface area contributed by atoms with E-state index in [-0.39, 0.29) is 11.8 Å². The van der Waals surface area contributed by atoms with Gasteiger partial charge in [0.2, 0.25) is 5.76 Å². The number of amidine groups is 1. The average molecular weight is 244 g/mol. The van der Waals surface area contributed by atoms with Crippen molar-refractivity contribution in [2.24, 2.45) is 4.99 Å². The van der Waals surface area contributed by atoms with E-state index in [4.69, 9.17) is 9.47 Å². The lowest BCUT2D eigenvalue weighted by molar-refractivity contribution is -0.133. The first-order valence-electron chi connectivity index (χ1n) is 5.79. The summed E-state index contributed by atoms with van der Waals surface area (Å²) < 4.78 is 10.6. The van der Waals surface area contributed by atoms with Crippen molar-refractivity contribution in [3.63, 3.8) is 0 Å². The van der Waals surface area contributed by atoms with Crippen molar-refractivity contribution in [2.75, 3.05) is 13.1 Å². The molecule has 2 heterocycles. The standard InChI is InChI=1S/C13H12N2O3/c16-12(18-13-14-7-8-15-13)11-6-5-9-3-1-2-4-10(9)17-11/h1-4,6H,5,7-8H2,(H,14,15). The Bertz CT molecular complexity index is 549. The summed E-state index contributed by atoms with van der Waals surface area (Å²) in [4.78, 5) is 15.8. The van der Waals surface area contributed by atoms with Crippen molar-refractivity contribution in [3.05, 3.63) is 41.7 Å². The number of carbonyl (C=O) groups is 1. The molecule has 0 bridgehead atoms. The van der Waals surface area contributed by atoms with Gasteiger partial charge in [0.25, 0.3) is 6.02 Å². The van der Waals surface area contributed by atoms with Gasteiger partial charge in [0.05, 0.1) is 6.54 Å². The number of nitrogens with one attached hydrogen (secondary N) is 1. The molecule has 0 atom stereocenters. The van der Waals surface area contributed by atoms with Crippen LogP contribution in [0.3, 0.4) is 0 Å². The molecule has 2 aliphatic heterocycles. The second-order valence-corrected chi connectivity index (χ2v) is 3.99. The molecule has 0 unspecified atom stereocenters. The lowest BCUT2D eigenvalue weighted by Gasteiger charge is -2.16. The lowest BCUT2D eigenvalue weighted by Crippen LogP contribution is -2.27. The molecule has 0 saturated heterocycles. The number of rotatable bonds is 1. The van der Waals surface area contributed by atoms with Gasteiger partial charge in [-0.05, 0) is 24.1 Å². The molecule has 5 heteroatoms. The van der Waals surface area contributed by atoms with Crippen LogP contribution in [0, 0.1) is 0 Å². The third-order valence-electron chi connectivity index (χ3n) is 2.73. The Morgan fingerprint density at radius 2 is 2.28 bits per heavy atom. The Balaban J connectivity index is 1.71. The molecule has 0 aromatic heterocycles. The topological polar surface area (TPSA) is 59.9 Å². The fourth-order valence-corrected chi connectivity index (χ4v) is 1.84. The average Bonchev–Trinajstić information content (AvgIpc) is 2.91. The van der Waals surface area contributed by atoms with Crippen molar-refractivity contribution in [1.82, 2.24) is 5.32 Å². The van der Waals surface area contributed by atoms with E-state index in [0.717, 1.165) is 5.56 Å². The Morgan fingerprint density at radius 1 is 1.39 bits per heavy atom. The summed E-state index contributed by atoms with van der Waals surface area (Å²) in [6.45, 7) is 1.33. The van der Waals surface area contributed by atoms with Gasteiger partial charge < -0.3 is 14.8 Å². The molecular weight excluding hydrogens is 232 g/mol. The number of ether oxygens (including phenoxy) is 2. The van der Waals surface area contributed by atoms with Crippen LogP contribution in [0.1, 0.15) is 5.56 Å². The van der Waals surface area contributed by atoms with Gasteiger partial charge in [-0.1, -0.05) is 18.2 Å². The van der Waals surface area contributed by atoms with Gasteiger partial charge in [-0.15, -0.1) is 0 Å². The lowest BCUT2D eigenvalue weighted by atomic mass is 10.1. The first-order chi connectivity index (χ1) is 8.83. The van der Waals surface area contributed by atoms with Crippen LogP contribution in [0.15, 0.2) is 41.1 Å². The number of hydrogen-bond acceptors (Lipinski definition) is 5.